The molecule has 0 aliphatic carbocycles. The molecule has 4 nitrogen and oxygen atoms in total. The number of nitrogens with zero attached hydrogens (tertiary/aromatic N) is 1. The minimum atomic E-state index is -1.21. The van der Waals surface area contributed by atoms with Gasteiger partial charge in [0.1, 0.15) is 0 Å². The van der Waals surface area contributed by atoms with Crippen molar-refractivity contribution in [3.63, 3.8) is 0 Å². The maximum absolute atomic E-state index is 11.6. The second-order valence-corrected chi connectivity index (χ2v) is 5.30. The van der Waals surface area contributed by atoms with Gasteiger partial charge < -0.3 is 10.6 Å². The van der Waals surface area contributed by atoms with Gasteiger partial charge in [0.15, 0.2) is 0 Å². The Balaban J connectivity index is 2.53. The molecule has 0 saturated carbocycles. The van der Waals surface area contributed by atoms with Gasteiger partial charge >= 0.3 is 0 Å². The third-order valence-corrected chi connectivity index (χ3v) is 3.49. The van der Waals surface area contributed by atoms with Crippen molar-refractivity contribution < 1.29 is 9.63 Å². The van der Waals surface area contributed by atoms with Crippen molar-refractivity contribution in [2.45, 2.75) is 25.4 Å². The molecule has 1 aliphatic heterocycles. The second kappa shape index (κ2) is 4.44. The van der Waals surface area contributed by atoms with Crippen LogP contribution in [-0.4, -0.2) is 17.2 Å². The summed E-state index contributed by atoms with van der Waals surface area (Å²) >= 11 is 11.9. The third-order valence-electron chi connectivity index (χ3n) is 3.06. The van der Waals surface area contributed by atoms with Gasteiger partial charge in [0, 0.05) is 10.0 Å². The van der Waals surface area contributed by atoms with E-state index in [1.807, 2.05) is 0 Å². The molecule has 0 bridgehead atoms. The van der Waals surface area contributed by atoms with Crippen LogP contribution in [0.1, 0.15) is 25.3 Å². The lowest BCUT2D eigenvalue weighted by molar-refractivity contribution is -0.139. The van der Waals surface area contributed by atoms with Gasteiger partial charge in [-0.15, -0.1) is 0 Å². The minimum Gasteiger partial charge on any atom is -0.378 e. The lowest BCUT2D eigenvalue weighted by Gasteiger charge is -2.26. The molecule has 96 valence electrons. The summed E-state index contributed by atoms with van der Waals surface area (Å²) in [6, 6.07) is 5.08. The number of amides is 1. The van der Waals surface area contributed by atoms with E-state index in [4.69, 9.17) is 33.8 Å². The van der Waals surface area contributed by atoms with E-state index >= 15 is 0 Å². The summed E-state index contributed by atoms with van der Waals surface area (Å²) in [7, 11) is 0. The zero-order chi connectivity index (χ0) is 13.5. The predicted octanol–water partition coefficient (Wildman–Crippen LogP) is 2.73. The number of oxime groups is 1. The molecule has 0 aromatic heterocycles. The van der Waals surface area contributed by atoms with Crippen molar-refractivity contribution in [1.29, 1.82) is 0 Å². The Kier molecular flexibility index (Phi) is 3.25. The summed E-state index contributed by atoms with van der Waals surface area (Å²) in [6.07, 6.45) is 0. The fourth-order valence-corrected chi connectivity index (χ4v) is 2.70. The Labute approximate surface area is 115 Å². The van der Waals surface area contributed by atoms with E-state index in [2.05, 4.69) is 5.16 Å². The van der Waals surface area contributed by atoms with Gasteiger partial charge in [-0.25, -0.2) is 0 Å². The molecular weight excluding hydrogens is 275 g/mol. The Morgan fingerprint density at radius 1 is 1.39 bits per heavy atom. The normalized spacial score (nSPS) is 26.7. The van der Waals surface area contributed by atoms with Gasteiger partial charge in [-0.2, -0.15) is 0 Å². The number of halogens is 2. The Hall–Kier alpha value is -1.26. The molecule has 2 N–H and O–H groups in total. The first kappa shape index (κ1) is 13.2. The summed E-state index contributed by atoms with van der Waals surface area (Å²) in [5.41, 5.74) is 5.60. The van der Waals surface area contributed by atoms with Gasteiger partial charge in [0.2, 0.25) is 5.60 Å². The minimum absolute atomic E-state index is 0.383. The molecule has 0 spiro atoms. The lowest BCUT2D eigenvalue weighted by atomic mass is 9.80. The van der Waals surface area contributed by atoms with Gasteiger partial charge in [-0.3, -0.25) is 4.79 Å². The number of carbonyl (C=O) groups is 1. The molecule has 0 saturated heterocycles. The smallest absolute Gasteiger partial charge is 0.265 e. The zero-order valence-electron chi connectivity index (χ0n) is 9.91. The van der Waals surface area contributed by atoms with Gasteiger partial charge in [0.25, 0.3) is 5.91 Å². The third kappa shape index (κ3) is 2.06. The van der Waals surface area contributed by atoms with E-state index < -0.39 is 11.5 Å². The Morgan fingerprint density at radius 3 is 2.44 bits per heavy atom. The van der Waals surface area contributed by atoms with Gasteiger partial charge in [-0.1, -0.05) is 28.4 Å². The monoisotopic (exact) mass is 286 g/mol. The summed E-state index contributed by atoms with van der Waals surface area (Å²) in [5, 5.41) is 4.84. The van der Waals surface area contributed by atoms with Crippen LogP contribution in [0.5, 0.6) is 0 Å². The Morgan fingerprint density at radius 2 is 1.94 bits per heavy atom. The summed E-state index contributed by atoms with van der Waals surface area (Å²) in [6.45, 7) is 3.38. The highest BCUT2D eigenvalue weighted by Crippen LogP contribution is 2.39. The highest BCUT2D eigenvalue weighted by Gasteiger charge is 2.49. The summed E-state index contributed by atoms with van der Waals surface area (Å²) in [5.74, 6) is -0.963. The lowest BCUT2D eigenvalue weighted by Crippen LogP contribution is -2.46. The summed E-state index contributed by atoms with van der Waals surface area (Å²) < 4.78 is 0. The molecule has 1 aliphatic rings. The SMILES string of the molecule is CC1=NOC(C)(C(N)=O)C1c1cc(Cl)cc(Cl)c1. The molecule has 1 aromatic rings. The van der Waals surface area contributed by atoms with Crippen LogP contribution in [0.3, 0.4) is 0 Å². The first-order valence-electron chi connectivity index (χ1n) is 5.33. The molecule has 2 atom stereocenters. The van der Waals surface area contributed by atoms with E-state index in [1.165, 1.54) is 0 Å². The second-order valence-electron chi connectivity index (χ2n) is 4.43. The van der Waals surface area contributed by atoms with E-state index in [0.717, 1.165) is 5.56 Å². The quantitative estimate of drug-likeness (QED) is 0.908. The van der Waals surface area contributed by atoms with Crippen molar-refractivity contribution in [1.82, 2.24) is 0 Å². The predicted molar refractivity (Wildman–Crippen MR) is 71.0 cm³/mol. The average Bonchev–Trinajstić information content (AvgIpc) is 2.54. The molecule has 2 rings (SSSR count). The van der Waals surface area contributed by atoms with Crippen LogP contribution in [-0.2, 0) is 9.63 Å². The molecular formula is C12H12Cl2N2O2. The van der Waals surface area contributed by atoms with E-state index in [-0.39, 0.29) is 5.92 Å². The number of hydrogen-bond acceptors (Lipinski definition) is 3. The van der Waals surface area contributed by atoms with Crippen LogP contribution in [0, 0.1) is 0 Å². The van der Waals surface area contributed by atoms with Crippen LogP contribution in [0.25, 0.3) is 0 Å². The standard InChI is InChI=1S/C12H12Cl2N2O2/c1-6-10(12(2,11(15)17)18-16-6)7-3-8(13)5-9(14)4-7/h3-5,10H,1-2H3,(H2,15,17). The Bertz CT molecular complexity index is 525. The first-order valence-corrected chi connectivity index (χ1v) is 6.09. The summed E-state index contributed by atoms with van der Waals surface area (Å²) in [4.78, 5) is 16.8. The van der Waals surface area contributed by atoms with Crippen molar-refractivity contribution in [3.05, 3.63) is 33.8 Å². The van der Waals surface area contributed by atoms with Crippen molar-refractivity contribution in [2.24, 2.45) is 10.9 Å². The molecule has 1 aromatic carbocycles. The molecule has 0 radical (unpaired) electrons. The molecule has 2 unspecified atom stereocenters. The molecule has 1 heterocycles. The highest BCUT2D eigenvalue weighted by molar-refractivity contribution is 6.34. The van der Waals surface area contributed by atoms with E-state index in [0.29, 0.717) is 15.8 Å². The number of primary amides is 1. The van der Waals surface area contributed by atoms with Crippen LogP contribution in [0.4, 0.5) is 0 Å². The number of hydrogen-bond donors (Lipinski definition) is 1. The maximum atomic E-state index is 11.6. The van der Waals surface area contributed by atoms with Crippen molar-refractivity contribution in [2.75, 3.05) is 0 Å². The molecule has 18 heavy (non-hydrogen) atoms. The number of nitrogens with two attached hydrogens (primary N) is 1. The van der Waals surface area contributed by atoms with E-state index in [9.17, 15) is 4.79 Å². The van der Waals surface area contributed by atoms with Crippen molar-refractivity contribution >= 4 is 34.8 Å². The fourth-order valence-electron chi connectivity index (χ4n) is 2.16. The van der Waals surface area contributed by atoms with Crippen molar-refractivity contribution in [3.8, 4) is 0 Å². The topological polar surface area (TPSA) is 64.7 Å². The van der Waals surface area contributed by atoms with Gasteiger partial charge in [-0.05, 0) is 37.6 Å². The molecule has 6 heteroatoms. The maximum Gasteiger partial charge on any atom is 0.265 e. The first-order chi connectivity index (χ1) is 8.34. The number of rotatable bonds is 2. The zero-order valence-corrected chi connectivity index (χ0v) is 11.4. The molecule has 0 fully saturated rings. The fraction of sp³-hybridized carbons (Fsp3) is 0.333. The van der Waals surface area contributed by atoms with Crippen LogP contribution in [0.15, 0.2) is 23.4 Å². The van der Waals surface area contributed by atoms with Gasteiger partial charge in [0.05, 0.1) is 11.6 Å². The van der Waals surface area contributed by atoms with Crippen LogP contribution < -0.4 is 5.73 Å². The highest BCUT2D eigenvalue weighted by atomic mass is 35.5. The van der Waals surface area contributed by atoms with Crippen LogP contribution >= 0.6 is 23.2 Å². The molecule has 1 amide bonds. The largest absolute Gasteiger partial charge is 0.378 e. The number of carbonyl (C=O) groups excluding carboxylic acids is 1. The van der Waals surface area contributed by atoms with E-state index in [1.54, 1.807) is 32.0 Å². The van der Waals surface area contributed by atoms with Crippen LogP contribution in [0.2, 0.25) is 10.0 Å². The number of benzene rings is 1. The average molecular weight is 287 g/mol.